The van der Waals surface area contributed by atoms with E-state index in [2.05, 4.69) is 31.7 Å². The summed E-state index contributed by atoms with van der Waals surface area (Å²) in [5, 5.41) is 0. The monoisotopic (exact) mass is 282 g/mol. The third kappa shape index (κ3) is 5.56. The van der Waals surface area contributed by atoms with Crippen molar-refractivity contribution in [3.8, 4) is 6.01 Å². The van der Waals surface area contributed by atoms with Crippen LogP contribution in [0, 0.1) is 0 Å². The van der Waals surface area contributed by atoms with Crippen LogP contribution in [0.4, 0.5) is 11.9 Å². The second kappa shape index (κ2) is 7.84. The maximum Gasteiger partial charge on any atom is 0.323 e. The van der Waals surface area contributed by atoms with E-state index in [-0.39, 0.29) is 18.1 Å². The van der Waals surface area contributed by atoms with Crippen LogP contribution in [0.5, 0.6) is 6.01 Å². The molecule has 0 aliphatic rings. The molecule has 0 aliphatic carbocycles. The molecule has 114 valence electrons. The van der Waals surface area contributed by atoms with Crippen molar-refractivity contribution in [2.75, 3.05) is 44.4 Å². The summed E-state index contributed by atoms with van der Waals surface area (Å²) in [6, 6.07) is 0.286. The lowest BCUT2D eigenvalue weighted by Gasteiger charge is -2.24. The first kappa shape index (κ1) is 16.4. The molecular weight excluding hydrogens is 256 g/mol. The number of nitrogen functional groups attached to an aromatic ring is 1. The molecule has 0 saturated carbocycles. The lowest BCUT2D eigenvalue weighted by molar-refractivity contribution is 0.222. The SMILES string of the molecule is CCCN(CCN(C)C)c1nc(N)nc(OC(C)C)n1. The highest BCUT2D eigenvalue weighted by molar-refractivity contribution is 5.35. The summed E-state index contributed by atoms with van der Waals surface area (Å²) in [7, 11) is 4.08. The largest absolute Gasteiger partial charge is 0.461 e. The molecule has 1 aromatic rings. The number of anilines is 2. The maximum absolute atomic E-state index is 5.75. The number of hydrogen-bond acceptors (Lipinski definition) is 7. The van der Waals surface area contributed by atoms with Crippen LogP contribution in [-0.4, -0.2) is 59.7 Å². The molecule has 7 nitrogen and oxygen atoms in total. The minimum Gasteiger partial charge on any atom is -0.461 e. The third-order valence-corrected chi connectivity index (χ3v) is 2.55. The topological polar surface area (TPSA) is 80.4 Å². The van der Waals surface area contributed by atoms with Crippen molar-refractivity contribution in [3.05, 3.63) is 0 Å². The van der Waals surface area contributed by atoms with E-state index in [1.807, 2.05) is 27.9 Å². The van der Waals surface area contributed by atoms with E-state index < -0.39 is 0 Å². The molecule has 0 atom stereocenters. The summed E-state index contributed by atoms with van der Waals surface area (Å²) >= 11 is 0. The van der Waals surface area contributed by atoms with Crippen molar-refractivity contribution in [1.29, 1.82) is 0 Å². The molecule has 2 N–H and O–H groups in total. The predicted octanol–water partition coefficient (Wildman–Crippen LogP) is 1.02. The zero-order valence-corrected chi connectivity index (χ0v) is 13.1. The Morgan fingerprint density at radius 1 is 1.10 bits per heavy atom. The second-order valence-corrected chi connectivity index (χ2v) is 5.23. The molecule has 0 unspecified atom stereocenters. The summed E-state index contributed by atoms with van der Waals surface area (Å²) in [6.45, 7) is 8.61. The van der Waals surface area contributed by atoms with Gasteiger partial charge in [-0.15, -0.1) is 0 Å². The molecule has 20 heavy (non-hydrogen) atoms. The number of nitrogens with zero attached hydrogens (tertiary/aromatic N) is 5. The van der Waals surface area contributed by atoms with Crippen LogP contribution < -0.4 is 15.4 Å². The van der Waals surface area contributed by atoms with Gasteiger partial charge in [-0.05, 0) is 34.4 Å². The Bertz CT molecular complexity index is 410. The van der Waals surface area contributed by atoms with Crippen LogP contribution in [0.1, 0.15) is 27.2 Å². The summed E-state index contributed by atoms with van der Waals surface area (Å²) in [4.78, 5) is 16.8. The average molecular weight is 282 g/mol. The van der Waals surface area contributed by atoms with E-state index in [9.17, 15) is 0 Å². The maximum atomic E-state index is 5.75. The smallest absolute Gasteiger partial charge is 0.323 e. The van der Waals surface area contributed by atoms with Gasteiger partial charge in [0.1, 0.15) is 0 Å². The molecule has 7 heteroatoms. The zero-order valence-electron chi connectivity index (χ0n) is 13.1. The first-order valence-corrected chi connectivity index (χ1v) is 7.00. The fourth-order valence-electron chi connectivity index (χ4n) is 1.67. The minimum absolute atomic E-state index is 0.00560. The summed E-state index contributed by atoms with van der Waals surface area (Å²) in [5.41, 5.74) is 5.75. The molecular formula is C13H26N6O. The number of ether oxygens (including phenoxy) is 1. The summed E-state index contributed by atoms with van der Waals surface area (Å²) in [6.07, 6.45) is 1.02. The second-order valence-electron chi connectivity index (χ2n) is 5.23. The van der Waals surface area contributed by atoms with Gasteiger partial charge in [-0.1, -0.05) is 6.92 Å². The Balaban J connectivity index is 2.90. The molecule has 1 heterocycles. The fourth-order valence-corrected chi connectivity index (χ4v) is 1.67. The van der Waals surface area contributed by atoms with Gasteiger partial charge in [0.15, 0.2) is 0 Å². The molecule has 1 aromatic heterocycles. The van der Waals surface area contributed by atoms with E-state index in [0.717, 1.165) is 26.1 Å². The van der Waals surface area contributed by atoms with Crippen molar-refractivity contribution in [3.63, 3.8) is 0 Å². The van der Waals surface area contributed by atoms with Crippen LogP contribution in [0.3, 0.4) is 0 Å². The van der Waals surface area contributed by atoms with Gasteiger partial charge in [0.05, 0.1) is 6.10 Å². The lowest BCUT2D eigenvalue weighted by atomic mass is 10.4. The Labute approximate surface area is 121 Å². The highest BCUT2D eigenvalue weighted by atomic mass is 16.5. The van der Waals surface area contributed by atoms with Crippen LogP contribution in [0.2, 0.25) is 0 Å². The van der Waals surface area contributed by atoms with E-state index in [4.69, 9.17) is 10.5 Å². The Morgan fingerprint density at radius 3 is 2.35 bits per heavy atom. The minimum atomic E-state index is 0.00560. The lowest BCUT2D eigenvalue weighted by Crippen LogP contribution is -2.34. The van der Waals surface area contributed by atoms with Crippen molar-refractivity contribution in [2.45, 2.75) is 33.3 Å². The fraction of sp³-hybridized carbons (Fsp3) is 0.769. The summed E-state index contributed by atoms with van der Waals surface area (Å²) in [5.74, 6) is 0.772. The Hall–Kier alpha value is -1.63. The van der Waals surface area contributed by atoms with Gasteiger partial charge in [-0.2, -0.15) is 15.0 Å². The van der Waals surface area contributed by atoms with Gasteiger partial charge in [0.25, 0.3) is 0 Å². The van der Waals surface area contributed by atoms with Gasteiger partial charge < -0.3 is 20.3 Å². The number of likely N-dealkylation sites (N-methyl/N-ethyl adjacent to an activating group) is 1. The van der Waals surface area contributed by atoms with Crippen molar-refractivity contribution in [1.82, 2.24) is 19.9 Å². The van der Waals surface area contributed by atoms with Crippen LogP contribution in [-0.2, 0) is 0 Å². The molecule has 0 bridgehead atoms. The van der Waals surface area contributed by atoms with Gasteiger partial charge in [-0.25, -0.2) is 0 Å². The third-order valence-electron chi connectivity index (χ3n) is 2.55. The Morgan fingerprint density at radius 2 is 1.80 bits per heavy atom. The van der Waals surface area contributed by atoms with E-state index >= 15 is 0 Å². The highest BCUT2D eigenvalue weighted by Gasteiger charge is 2.13. The van der Waals surface area contributed by atoms with Crippen LogP contribution in [0.15, 0.2) is 0 Å². The number of aromatic nitrogens is 3. The van der Waals surface area contributed by atoms with Crippen molar-refractivity contribution in [2.24, 2.45) is 0 Å². The average Bonchev–Trinajstić information content (AvgIpc) is 2.32. The van der Waals surface area contributed by atoms with Gasteiger partial charge >= 0.3 is 6.01 Å². The molecule has 0 amide bonds. The summed E-state index contributed by atoms with van der Waals surface area (Å²) < 4.78 is 5.51. The van der Waals surface area contributed by atoms with Crippen LogP contribution in [0.25, 0.3) is 0 Å². The number of rotatable bonds is 8. The predicted molar refractivity (Wildman–Crippen MR) is 81.1 cm³/mol. The van der Waals surface area contributed by atoms with Gasteiger partial charge in [0, 0.05) is 19.6 Å². The molecule has 0 aliphatic heterocycles. The van der Waals surface area contributed by atoms with Gasteiger partial charge in [0.2, 0.25) is 11.9 Å². The first-order chi connectivity index (χ1) is 9.42. The molecule has 0 aromatic carbocycles. The molecule has 1 rings (SSSR count). The van der Waals surface area contributed by atoms with E-state index in [1.165, 1.54) is 0 Å². The van der Waals surface area contributed by atoms with Crippen LogP contribution >= 0.6 is 0 Å². The number of nitrogens with two attached hydrogens (primary N) is 1. The van der Waals surface area contributed by atoms with Crippen molar-refractivity contribution >= 4 is 11.9 Å². The first-order valence-electron chi connectivity index (χ1n) is 7.00. The van der Waals surface area contributed by atoms with E-state index in [1.54, 1.807) is 0 Å². The molecule has 0 saturated heterocycles. The number of hydrogen-bond donors (Lipinski definition) is 1. The molecule has 0 radical (unpaired) electrons. The highest BCUT2D eigenvalue weighted by Crippen LogP contribution is 2.14. The normalized spacial score (nSPS) is 11.2. The Kier molecular flexibility index (Phi) is 6.44. The molecule has 0 fully saturated rings. The van der Waals surface area contributed by atoms with Crippen molar-refractivity contribution < 1.29 is 4.74 Å². The standard InChI is InChI=1S/C13H26N6O/c1-6-7-19(9-8-18(4)5)12-15-11(14)16-13(17-12)20-10(2)3/h10H,6-9H2,1-5H3,(H2,14,15,16,17). The quantitative estimate of drug-likeness (QED) is 0.762. The molecule has 0 spiro atoms. The van der Waals surface area contributed by atoms with Gasteiger partial charge in [-0.3, -0.25) is 0 Å². The van der Waals surface area contributed by atoms with E-state index in [0.29, 0.717) is 5.95 Å². The zero-order chi connectivity index (χ0) is 15.1.